The number of nitrogens with two attached hydrogens (primary N) is 1. The van der Waals surface area contributed by atoms with Crippen LogP contribution < -0.4 is 5.73 Å². The van der Waals surface area contributed by atoms with Gasteiger partial charge in [-0.2, -0.15) is 5.10 Å². The van der Waals surface area contributed by atoms with Crippen LogP contribution in [-0.4, -0.2) is 14.9 Å². The molecule has 0 aliphatic rings. The Labute approximate surface area is 92.1 Å². The molecule has 0 amide bonds. The van der Waals surface area contributed by atoms with Gasteiger partial charge in [0.15, 0.2) is 0 Å². The van der Waals surface area contributed by atoms with Crippen LogP contribution >= 0.6 is 0 Å². The summed E-state index contributed by atoms with van der Waals surface area (Å²) in [5.74, 6) is -0.418. The highest BCUT2D eigenvalue weighted by Gasteiger charge is 2.16. The zero-order chi connectivity index (χ0) is 11.7. The van der Waals surface area contributed by atoms with Crippen molar-refractivity contribution in [2.75, 3.05) is 5.73 Å². The first-order valence-electron chi connectivity index (χ1n) is 4.80. The minimum absolute atomic E-state index is 0.230. The highest BCUT2D eigenvalue weighted by Crippen LogP contribution is 2.26. The topological polar surface area (TPSA) is 64.1 Å². The number of aryl methyl sites for hydroxylation is 1. The first-order chi connectivity index (χ1) is 7.59. The molecule has 0 saturated heterocycles. The minimum atomic E-state index is -0.895. The van der Waals surface area contributed by atoms with Crippen LogP contribution in [0, 0.1) is 5.82 Å². The molecule has 4 nitrogen and oxygen atoms in total. The van der Waals surface area contributed by atoms with Gasteiger partial charge in [0.1, 0.15) is 11.9 Å². The lowest BCUT2D eigenvalue weighted by molar-refractivity contribution is 0.210. The molecule has 1 aromatic carbocycles. The predicted octanol–water partition coefficient (Wildman–Crippen LogP) is 1.22. The van der Waals surface area contributed by atoms with Crippen molar-refractivity contribution in [1.29, 1.82) is 0 Å². The molecule has 84 valence electrons. The molecule has 16 heavy (non-hydrogen) atoms. The summed E-state index contributed by atoms with van der Waals surface area (Å²) >= 11 is 0. The molecule has 0 fully saturated rings. The first kappa shape index (κ1) is 10.6. The normalized spacial score (nSPS) is 12.7. The Morgan fingerprint density at radius 3 is 2.75 bits per heavy atom. The minimum Gasteiger partial charge on any atom is -0.398 e. The zero-order valence-corrected chi connectivity index (χ0v) is 8.76. The molecule has 0 aliphatic heterocycles. The van der Waals surface area contributed by atoms with Crippen LogP contribution in [0.1, 0.15) is 17.4 Å². The maximum Gasteiger partial charge on any atom is 0.125 e. The molecule has 0 saturated carbocycles. The first-order valence-corrected chi connectivity index (χ1v) is 4.80. The van der Waals surface area contributed by atoms with Crippen molar-refractivity contribution >= 4 is 5.69 Å². The van der Waals surface area contributed by atoms with E-state index in [-0.39, 0.29) is 5.69 Å². The molecule has 0 radical (unpaired) electrons. The van der Waals surface area contributed by atoms with Crippen LogP contribution in [0.4, 0.5) is 10.1 Å². The fourth-order valence-corrected chi connectivity index (χ4v) is 1.61. The summed E-state index contributed by atoms with van der Waals surface area (Å²) in [4.78, 5) is 0. The summed E-state index contributed by atoms with van der Waals surface area (Å²) < 4.78 is 14.4. The Bertz CT molecular complexity index is 510. The van der Waals surface area contributed by atoms with E-state index in [2.05, 4.69) is 5.10 Å². The SMILES string of the molecule is Cn1nccc1C(O)c1ccc(F)cc1N. The number of hydrogen-bond donors (Lipinski definition) is 2. The lowest BCUT2D eigenvalue weighted by Gasteiger charge is -2.13. The highest BCUT2D eigenvalue weighted by molar-refractivity contribution is 5.50. The van der Waals surface area contributed by atoms with Crippen LogP contribution in [-0.2, 0) is 7.05 Å². The van der Waals surface area contributed by atoms with Crippen LogP contribution in [0.15, 0.2) is 30.5 Å². The average molecular weight is 221 g/mol. The second-order valence-corrected chi connectivity index (χ2v) is 3.56. The number of anilines is 1. The molecule has 3 N–H and O–H groups in total. The molecule has 2 rings (SSSR count). The molecule has 2 aromatic rings. The third-order valence-electron chi connectivity index (χ3n) is 2.48. The second-order valence-electron chi connectivity index (χ2n) is 3.56. The van der Waals surface area contributed by atoms with Crippen molar-refractivity contribution in [2.24, 2.45) is 7.05 Å². The lowest BCUT2D eigenvalue weighted by atomic mass is 10.0. The summed E-state index contributed by atoms with van der Waals surface area (Å²) in [6.07, 6.45) is 0.686. The van der Waals surface area contributed by atoms with Crippen LogP contribution in [0.3, 0.4) is 0 Å². The highest BCUT2D eigenvalue weighted by atomic mass is 19.1. The fraction of sp³-hybridized carbons (Fsp3) is 0.182. The van der Waals surface area contributed by atoms with Crippen LogP contribution in [0.5, 0.6) is 0 Å². The number of aliphatic hydroxyl groups excluding tert-OH is 1. The number of rotatable bonds is 2. The Morgan fingerprint density at radius 1 is 1.44 bits per heavy atom. The predicted molar refractivity (Wildman–Crippen MR) is 58.1 cm³/mol. The summed E-state index contributed by atoms with van der Waals surface area (Å²) in [6, 6.07) is 5.62. The fourth-order valence-electron chi connectivity index (χ4n) is 1.61. The van der Waals surface area contributed by atoms with Crippen LogP contribution in [0.25, 0.3) is 0 Å². The summed E-state index contributed by atoms with van der Waals surface area (Å²) in [5.41, 5.74) is 6.97. The molecule has 1 atom stereocenters. The average Bonchev–Trinajstić information content (AvgIpc) is 2.63. The number of halogens is 1. The number of aromatic nitrogens is 2. The zero-order valence-electron chi connectivity index (χ0n) is 8.76. The summed E-state index contributed by atoms with van der Waals surface area (Å²) in [5, 5.41) is 14.0. The number of aliphatic hydroxyl groups is 1. The van der Waals surface area contributed by atoms with Gasteiger partial charge in [0.05, 0.1) is 5.69 Å². The van der Waals surface area contributed by atoms with E-state index in [4.69, 9.17) is 5.73 Å². The van der Waals surface area contributed by atoms with E-state index in [1.54, 1.807) is 24.0 Å². The van der Waals surface area contributed by atoms with Gasteiger partial charge in [-0.15, -0.1) is 0 Å². The molecule has 1 aromatic heterocycles. The van der Waals surface area contributed by atoms with Crippen molar-refractivity contribution in [3.05, 3.63) is 47.5 Å². The number of hydrogen-bond acceptors (Lipinski definition) is 3. The Balaban J connectivity index is 2.41. The number of benzene rings is 1. The maximum absolute atomic E-state index is 12.9. The monoisotopic (exact) mass is 221 g/mol. The van der Waals surface area contributed by atoms with Gasteiger partial charge in [-0.05, 0) is 18.2 Å². The smallest absolute Gasteiger partial charge is 0.125 e. The molecule has 1 unspecified atom stereocenters. The van der Waals surface area contributed by atoms with Crippen molar-refractivity contribution < 1.29 is 9.50 Å². The van der Waals surface area contributed by atoms with Gasteiger partial charge in [0.2, 0.25) is 0 Å². The largest absolute Gasteiger partial charge is 0.398 e. The molecule has 5 heteroatoms. The van der Waals surface area contributed by atoms with E-state index in [0.717, 1.165) is 0 Å². The van der Waals surface area contributed by atoms with Gasteiger partial charge in [-0.3, -0.25) is 4.68 Å². The molecular formula is C11H12FN3O. The van der Waals surface area contributed by atoms with Crippen molar-refractivity contribution in [2.45, 2.75) is 6.10 Å². The van der Waals surface area contributed by atoms with Crippen LogP contribution in [0.2, 0.25) is 0 Å². The molecule has 0 bridgehead atoms. The third kappa shape index (κ3) is 1.77. The number of nitrogen functional groups attached to an aromatic ring is 1. The van der Waals surface area contributed by atoms with Gasteiger partial charge < -0.3 is 10.8 Å². The van der Waals surface area contributed by atoms with E-state index in [9.17, 15) is 9.50 Å². The van der Waals surface area contributed by atoms with E-state index in [1.165, 1.54) is 18.2 Å². The second kappa shape index (κ2) is 3.94. The van der Waals surface area contributed by atoms with Gasteiger partial charge in [0, 0.05) is 24.5 Å². The molecule has 0 spiro atoms. The van der Waals surface area contributed by atoms with Gasteiger partial charge in [0.25, 0.3) is 0 Å². The standard InChI is InChI=1S/C11H12FN3O/c1-15-10(4-5-14-15)11(16)8-3-2-7(12)6-9(8)13/h2-6,11,16H,13H2,1H3. The Hall–Kier alpha value is -1.88. The Morgan fingerprint density at radius 2 is 2.19 bits per heavy atom. The van der Waals surface area contributed by atoms with E-state index < -0.39 is 11.9 Å². The Kier molecular flexibility index (Phi) is 2.62. The third-order valence-corrected chi connectivity index (χ3v) is 2.48. The summed E-state index contributed by atoms with van der Waals surface area (Å²) in [6.45, 7) is 0. The van der Waals surface area contributed by atoms with Crippen molar-refractivity contribution in [3.8, 4) is 0 Å². The number of nitrogens with zero attached hydrogens (tertiary/aromatic N) is 2. The van der Waals surface area contributed by atoms with E-state index in [0.29, 0.717) is 11.3 Å². The van der Waals surface area contributed by atoms with Gasteiger partial charge >= 0.3 is 0 Å². The van der Waals surface area contributed by atoms with E-state index >= 15 is 0 Å². The van der Waals surface area contributed by atoms with Gasteiger partial charge in [-0.1, -0.05) is 6.07 Å². The van der Waals surface area contributed by atoms with Crippen molar-refractivity contribution in [1.82, 2.24) is 9.78 Å². The molecule has 1 heterocycles. The van der Waals surface area contributed by atoms with Crippen molar-refractivity contribution in [3.63, 3.8) is 0 Å². The van der Waals surface area contributed by atoms with E-state index in [1.807, 2.05) is 0 Å². The lowest BCUT2D eigenvalue weighted by Crippen LogP contribution is -2.09. The molecule has 0 aliphatic carbocycles. The maximum atomic E-state index is 12.9. The molecular weight excluding hydrogens is 209 g/mol. The van der Waals surface area contributed by atoms with Gasteiger partial charge in [-0.25, -0.2) is 4.39 Å². The quantitative estimate of drug-likeness (QED) is 0.749. The summed E-state index contributed by atoms with van der Waals surface area (Å²) in [7, 11) is 1.72.